The summed E-state index contributed by atoms with van der Waals surface area (Å²) in [6.07, 6.45) is 5.11. The first-order valence-electron chi connectivity index (χ1n) is 5.93. The van der Waals surface area contributed by atoms with Crippen LogP contribution in [0.1, 0.15) is 29.4 Å². The number of carbonyl (C=O) groups excluding carboxylic acids is 1. The zero-order valence-electron chi connectivity index (χ0n) is 10.3. The quantitative estimate of drug-likeness (QED) is 0.700. The van der Waals surface area contributed by atoms with E-state index in [0.717, 1.165) is 23.9 Å². The van der Waals surface area contributed by atoms with Crippen molar-refractivity contribution in [3.63, 3.8) is 0 Å². The lowest BCUT2D eigenvalue weighted by Gasteiger charge is -2.28. The van der Waals surface area contributed by atoms with Gasteiger partial charge >= 0.3 is 0 Å². The van der Waals surface area contributed by atoms with Crippen molar-refractivity contribution in [3.8, 4) is 0 Å². The number of thiazole rings is 1. The highest BCUT2D eigenvalue weighted by Crippen LogP contribution is 2.37. The van der Waals surface area contributed by atoms with Gasteiger partial charge < -0.3 is 9.64 Å². The van der Waals surface area contributed by atoms with Gasteiger partial charge in [0.05, 0.1) is 17.7 Å². The van der Waals surface area contributed by atoms with E-state index in [1.807, 2.05) is 0 Å². The summed E-state index contributed by atoms with van der Waals surface area (Å²) >= 11 is 1.46. The Hall–Kier alpha value is -0.940. The van der Waals surface area contributed by atoms with Crippen molar-refractivity contribution in [2.75, 3.05) is 25.2 Å². The van der Waals surface area contributed by atoms with Crippen LogP contribution in [0.2, 0.25) is 0 Å². The first kappa shape index (κ1) is 12.5. The Morgan fingerprint density at radius 3 is 3.00 bits per heavy atom. The molecule has 0 N–H and O–H groups in total. The second-order valence-corrected chi connectivity index (χ2v) is 5.47. The van der Waals surface area contributed by atoms with Crippen molar-refractivity contribution in [3.05, 3.63) is 11.1 Å². The molecule has 0 aromatic carbocycles. The van der Waals surface area contributed by atoms with Crippen LogP contribution in [0.4, 0.5) is 5.13 Å². The van der Waals surface area contributed by atoms with E-state index in [9.17, 15) is 4.79 Å². The number of aromatic nitrogens is 1. The Kier molecular flexibility index (Phi) is 4.12. The van der Waals surface area contributed by atoms with Gasteiger partial charge in [0, 0.05) is 19.7 Å². The van der Waals surface area contributed by atoms with Crippen LogP contribution in [0.25, 0.3) is 0 Å². The predicted octanol–water partition coefficient (Wildman–Crippen LogP) is 2.21. The second kappa shape index (κ2) is 5.60. The minimum Gasteiger partial charge on any atom is -0.383 e. The monoisotopic (exact) mass is 254 g/mol. The zero-order valence-corrected chi connectivity index (χ0v) is 11.1. The minimum absolute atomic E-state index is 0.482. The number of ether oxygens (including phenoxy) is 1. The molecule has 1 aromatic heterocycles. The van der Waals surface area contributed by atoms with Crippen LogP contribution in [0.5, 0.6) is 0 Å². The normalized spacial score (nSPS) is 16.8. The zero-order chi connectivity index (χ0) is 12.3. The van der Waals surface area contributed by atoms with E-state index >= 15 is 0 Å². The smallest absolute Gasteiger partial charge is 0.186 e. The third kappa shape index (κ3) is 3.04. The van der Waals surface area contributed by atoms with Gasteiger partial charge in [0.15, 0.2) is 11.4 Å². The number of hydrogen-bond acceptors (Lipinski definition) is 5. The number of anilines is 1. The summed E-state index contributed by atoms with van der Waals surface area (Å²) in [6, 6.07) is 0.482. The fourth-order valence-corrected chi connectivity index (χ4v) is 2.81. The summed E-state index contributed by atoms with van der Waals surface area (Å²) in [7, 11) is 1.71. The first-order valence-corrected chi connectivity index (χ1v) is 6.74. The standard InChI is InChI=1S/C12H18N2O2S/c1-9(10-3-4-10)14(5-6-16-2)12-13-7-11(8-15)17-12/h7-10H,3-6H2,1-2H3. The van der Waals surface area contributed by atoms with Crippen LogP contribution in [0.15, 0.2) is 6.20 Å². The summed E-state index contributed by atoms with van der Waals surface area (Å²) in [6.45, 7) is 3.75. The largest absolute Gasteiger partial charge is 0.383 e. The molecule has 1 fully saturated rings. The van der Waals surface area contributed by atoms with E-state index in [1.165, 1.54) is 24.2 Å². The maximum atomic E-state index is 10.7. The van der Waals surface area contributed by atoms with E-state index in [-0.39, 0.29) is 0 Å². The number of rotatable bonds is 7. The lowest BCUT2D eigenvalue weighted by Crippen LogP contribution is -2.37. The molecule has 94 valence electrons. The van der Waals surface area contributed by atoms with Crippen molar-refractivity contribution in [1.82, 2.24) is 4.98 Å². The fraction of sp³-hybridized carbons (Fsp3) is 0.667. The Labute approximate surface area is 106 Å². The summed E-state index contributed by atoms with van der Waals surface area (Å²) in [5.74, 6) is 0.774. The molecule has 4 nitrogen and oxygen atoms in total. The van der Waals surface area contributed by atoms with Gasteiger partial charge in [-0.3, -0.25) is 4.79 Å². The molecule has 5 heteroatoms. The van der Waals surface area contributed by atoms with E-state index in [2.05, 4.69) is 16.8 Å². The Bertz CT molecular complexity index is 376. The molecule has 1 aliphatic rings. The van der Waals surface area contributed by atoms with Gasteiger partial charge in [-0.05, 0) is 25.7 Å². The van der Waals surface area contributed by atoms with Gasteiger partial charge in [0.2, 0.25) is 0 Å². The van der Waals surface area contributed by atoms with Crippen LogP contribution in [-0.2, 0) is 4.74 Å². The van der Waals surface area contributed by atoms with Crippen LogP contribution in [0, 0.1) is 5.92 Å². The highest BCUT2D eigenvalue weighted by atomic mass is 32.1. The average Bonchev–Trinajstić information content (AvgIpc) is 3.09. The van der Waals surface area contributed by atoms with Crippen molar-refractivity contribution < 1.29 is 9.53 Å². The third-order valence-corrected chi connectivity index (χ3v) is 4.17. The average molecular weight is 254 g/mol. The highest BCUT2D eigenvalue weighted by Gasteiger charge is 2.33. The summed E-state index contributed by atoms with van der Waals surface area (Å²) in [5, 5.41) is 0.934. The molecule has 1 atom stereocenters. The van der Waals surface area contributed by atoms with E-state index in [1.54, 1.807) is 13.3 Å². The molecule has 0 amide bonds. The lowest BCUT2D eigenvalue weighted by atomic mass is 10.2. The molecule has 0 saturated heterocycles. The Morgan fingerprint density at radius 2 is 2.47 bits per heavy atom. The Morgan fingerprint density at radius 1 is 1.71 bits per heavy atom. The fourth-order valence-electron chi connectivity index (χ4n) is 1.96. The summed E-state index contributed by atoms with van der Waals surface area (Å²) in [5.41, 5.74) is 0. The van der Waals surface area contributed by atoms with Gasteiger partial charge in [0.1, 0.15) is 0 Å². The van der Waals surface area contributed by atoms with Gasteiger partial charge in [-0.2, -0.15) is 0 Å². The van der Waals surface area contributed by atoms with Crippen LogP contribution >= 0.6 is 11.3 Å². The second-order valence-electron chi connectivity index (χ2n) is 4.43. The maximum absolute atomic E-state index is 10.7. The SMILES string of the molecule is COCCN(c1ncc(C=O)s1)C(C)C1CC1. The van der Waals surface area contributed by atoms with Crippen molar-refractivity contribution in [1.29, 1.82) is 0 Å². The maximum Gasteiger partial charge on any atom is 0.186 e. The van der Waals surface area contributed by atoms with Crippen molar-refractivity contribution in [2.45, 2.75) is 25.8 Å². The van der Waals surface area contributed by atoms with Gasteiger partial charge in [0.25, 0.3) is 0 Å². The molecular formula is C12H18N2O2S. The predicted molar refractivity (Wildman–Crippen MR) is 68.9 cm³/mol. The molecule has 0 spiro atoms. The van der Waals surface area contributed by atoms with Gasteiger partial charge in [-0.1, -0.05) is 11.3 Å². The van der Waals surface area contributed by atoms with E-state index in [0.29, 0.717) is 17.5 Å². The topological polar surface area (TPSA) is 42.4 Å². The minimum atomic E-state index is 0.482. The number of methoxy groups -OCH3 is 1. The van der Waals surface area contributed by atoms with E-state index < -0.39 is 0 Å². The van der Waals surface area contributed by atoms with Crippen LogP contribution in [-0.4, -0.2) is 37.6 Å². The molecule has 2 rings (SSSR count). The first-order chi connectivity index (χ1) is 8.26. The van der Waals surface area contributed by atoms with Crippen molar-refractivity contribution >= 4 is 22.8 Å². The summed E-state index contributed by atoms with van der Waals surface area (Å²) in [4.78, 5) is 18.0. The molecule has 1 heterocycles. The lowest BCUT2D eigenvalue weighted by molar-refractivity contribution is 0.112. The van der Waals surface area contributed by atoms with Crippen LogP contribution in [0.3, 0.4) is 0 Å². The van der Waals surface area contributed by atoms with Gasteiger partial charge in [-0.25, -0.2) is 4.98 Å². The molecule has 1 aromatic rings. The van der Waals surface area contributed by atoms with Crippen LogP contribution < -0.4 is 4.90 Å². The molecule has 1 saturated carbocycles. The number of carbonyl (C=O) groups is 1. The molecule has 0 bridgehead atoms. The molecule has 0 aliphatic heterocycles. The van der Waals surface area contributed by atoms with Gasteiger partial charge in [-0.15, -0.1) is 0 Å². The molecule has 0 radical (unpaired) electrons. The number of aldehydes is 1. The Balaban J connectivity index is 2.09. The molecule has 1 aliphatic carbocycles. The third-order valence-electron chi connectivity index (χ3n) is 3.21. The molecule has 1 unspecified atom stereocenters. The number of nitrogens with zero attached hydrogens (tertiary/aromatic N) is 2. The molecule has 17 heavy (non-hydrogen) atoms. The van der Waals surface area contributed by atoms with Crippen molar-refractivity contribution in [2.24, 2.45) is 5.92 Å². The number of hydrogen-bond donors (Lipinski definition) is 0. The summed E-state index contributed by atoms with van der Waals surface area (Å²) < 4.78 is 5.14. The highest BCUT2D eigenvalue weighted by molar-refractivity contribution is 7.17. The van der Waals surface area contributed by atoms with E-state index in [4.69, 9.17) is 4.74 Å². The molecular weight excluding hydrogens is 236 g/mol.